The van der Waals surface area contributed by atoms with Crippen LogP contribution in [-0.2, 0) is 4.79 Å². The minimum atomic E-state index is -0.792. The van der Waals surface area contributed by atoms with Gasteiger partial charge in [0.15, 0.2) is 0 Å². The number of carbonyl (C=O) groups is 1. The van der Waals surface area contributed by atoms with E-state index in [2.05, 4.69) is 0 Å². The lowest BCUT2D eigenvalue weighted by atomic mass is 10.1. The zero-order valence-electron chi connectivity index (χ0n) is 6.85. The van der Waals surface area contributed by atoms with Crippen LogP contribution in [0.5, 0.6) is 0 Å². The summed E-state index contributed by atoms with van der Waals surface area (Å²) in [6, 6.07) is 0. The van der Waals surface area contributed by atoms with Gasteiger partial charge in [0.1, 0.15) is 6.17 Å². The van der Waals surface area contributed by atoms with Crippen LogP contribution in [0.1, 0.15) is 26.2 Å². The molecule has 0 aromatic heterocycles. The van der Waals surface area contributed by atoms with Crippen LogP contribution in [0.15, 0.2) is 0 Å². The number of hydrogen-bond acceptors (Lipinski definition) is 1. The van der Waals surface area contributed by atoms with Crippen molar-refractivity contribution in [1.82, 2.24) is 4.90 Å². The Kier molecular flexibility index (Phi) is 2.85. The Morgan fingerprint density at radius 1 is 1.73 bits per heavy atom. The van der Waals surface area contributed by atoms with E-state index in [1.807, 2.05) is 6.92 Å². The zero-order valence-corrected chi connectivity index (χ0v) is 6.85. The second-order valence-corrected chi connectivity index (χ2v) is 2.93. The molecule has 0 N–H and O–H groups in total. The normalized spacial score (nSPS) is 25.3. The summed E-state index contributed by atoms with van der Waals surface area (Å²) in [6.45, 7) is 2.87. The fourth-order valence-corrected chi connectivity index (χ4v) is 1.38. The van der Waals surface area contributed by atoms with Crippen molar-refractivity contribution in [3.8, 4) is 0 Å². The molecule has 0 spiro atoms. The van der Waals surface area contributed by atoms with E-state index >= 15 is 0 Å². The van der Waals surface area contributed by atoms with E-state index in [1.54, 1.807) is 4.90 Å². The van der Waals surface area contributed by atoms with Crippen molar-refractivity contribution in [2.24, 2.45) is 0 Å². The smallest absolute Gasteiger partial charge is 0.222 e. The maximum absolute atomic E-state index is 12.7. The summed E-state index contributed by atoms with van der Waals surface area (Å²) in [5, 5.41) is 0. The largest absolute Gasteiger partial charge is 0.340 e. The van der Waals surface area contributed by atoms with E-state index in [4.69, 9.17) is 0 Å². The molecule has 0 unspecified atom stereocenters. The van der Waals surface area contributed by atoms with Crippen molar-refractivity contribution in [1.29, 1.82) is 0 Å². The van der Waals surface area contributed by atoms with E-state index in [9.17, 15) is 9.18 Å². The van der Waals surface area contributed by atoms with Crippen LogP contribution >= 0.6 is 0 Å². The summed E-state index contributed by atoms with van der Waals surface area (Å²) >= 11 is 0. The van der Waals surface area contributed by atoms with Gasteiger partial charge in [-0.15, -0.1) is 0 Å². The monoisotopic (exact) mass is 159 g/mol. The average Bonchev–Trinajstić information content (AvgIpc) is 2.03. The van der Waals surface area contributed by atoms with Crippen molar-refractivity contribution in [2.75, 3.05) is 13.1 Å². The summed E-state index contributed by atoms with van der Waals surface area (Å²) < 4.78 is 12.7. The lowest BCUT2D eigenvalue weighted by Crippen LogP contribution is -2.40. The first-order chi connectivity index (χ1) is 5.24. The molecule has 1 aliphatic heterocycles. The Bertz CT molecular complexity index is 149. The van der Waals surface area contributed by atoms with Gasteiger partial charge in [-0.1, -0.05) is 6.92 Å². The van der Waals surface area contributed by atoms with E-state index < -0.39 is 6.17 Å². The minimum absolute atomic E-state index is 0.0763. The molecule has 0 aliphatic carbocycles. The van der Waals surface area contributed by atoms with Crippen LogP contribution in [0.4, 0.5) is 4.39 Å². The summed E-state index contributed by atoms with van der Waals surface area (Å²) in [7, 11) is 0. The summed E-state index contributed by atoms with van der Waals surface area (Å²) in [6.07, 6.45) is 1.13. The molecular weight excluding hydrogens is 145 g/mol. The Morgan fingerprint density at radius 3 is 3.00 bits per heavy atom. The molecule has 0 radical (unpaired) electrons. The highest BCUT2D eigenvalue weighted by Crippen LogP contribution is 2.13. The highest BCUT2D eigenvalue weighted by Gasteiger charge is 2.21. The lowest BCUT2D eigenvalue weighted by molar-refractivity contribution is -0.132. The van der Waals surface area contributed by atoms with Gasteiger partial charge in [0.2, 0.25) is 5.91 Å². The van der Waals surface area contributed by atoms with Gasteiger partial charge in [0, 0.05) is 13.0 Å². The fraction of sp³-hybridized carbons (Fsp3) is 0.875. The molecule has 11 heavy (non-hydrogen) atoms. The first-order valence-corrected chi connectivity index (χ1v) is 4.16. The molecule has 1 aliphatic rings. The number of rotatable bonds is 1. The molecule has 0 aromatic rings. The Hall–Kier alpha value is -0.600. The van der Waals surface area contributed by atoms with Crippen LogP contribution in [0, 0.1) is 0 Å². The molecule has 1 rings (SSSR count). The van der Waals surface area contributed by atoms with Gasteiger partial charge in [-0.2, -0.15) is 0 Å². The van der Waals surface area contributed by atoms with Gasteiger partial charge in [-0.25, -0.2) is 4.39 Å². The molecule has 0 aromatic carbocycles. The predicted molar refractivity (Wildman–Crippen MR) is 41.0 cm³/mol. The molecule has 2 nitrogen and oxygen atoms in total. The van der Waals surface area contributed by atoms with Gasteiger partial charge >= 0.3 is 0 Å². The Balaban J connectivity index is 2.39. The second-order valence-electron chi connectivity index (χ2n) is 2.93. The van der Waals surface area contributed by atoms with Crippen LogP contribution in [0.2, 0.25) is 0 Å². The molecule has 1 saturated heterocycles. The number of carbonyl (C=O) groups excluding carboxylic acids is 1. The Morgan fingerprint density at radius 2 is 2.45 bits per heavy atom. The predicted octanol–water partition coefficient (Wildman–Crippen LogP) is 1.36. The van der Waals surface area contributed by atoms with Crippen molar-refractivity contribution >= 4 is 5.91 Å². The quantitative estimate of drug-likeness (QED) is 0.565. The third kappa shape index (κ3) is 2.17. The van der Waals surface area contributed by atoms with Crippen LogP contribution < -0.4 is 0 Å². The number of halogens is 1. The SMILES string of the molecule is CCC(=O)N1CCC[C@@H](F)C1. The second kappa shape index (κ2) is 3.69. The number of likely N-dealkylation sites (tertiary alicyclic amines) is 1. The van der Waals surface area contributed by atoms with Crippen molar-refractivity contribution in [3.05, 3.63) is 0 Å². The average molecular weight is 159 g/mol. The molecule has 1 fully saturated rings. The van der Waals surface area contributed by atoms with Crippen molar-refractivity contribution in [3.63, 3.8) is 0 Å². The van der Waals surface area contributed by atoms with Gasteiger partial charge in [-0.3, -0.25) is 4.79 Å². The number of amides is 1. The molecule has 1 atom stereocenters. The topological polar surface area (TPSA) is 20.3 Å². The minimum Gasteiger partial charge on any atom is -0.340 e. The van der Waals surface area contributed by atoms with E-state index in [-0.39, 0.29) is 5.91 Å². The van der Waals surface area contributed by atoms with Gasteiger partial charge < -0.3 is 4.90 Å². The summed E-state index contributed by atoms with van der Waals surface area (Å²) in [5.41, 5.74) is 0. The fourth-order valence-electron chi connectivity index (χ4n) is 1.38. The van der Waals surface area contributed by atoms with E-state index in [1.165, 1.54) is 0 Å². The zero-order chi connectivity index (χ0) is 8.27. The van der Waals surface area contributed by atoms with Crippen LogP contribution in [0.3, 0.4) is 0 Å². The number of nitrogens with zero attached hydrogens (tertiary/aromatic N) is 1. The standard InChI is InChI=1S/C8H14FNO/c1-2-8(11)10-5-3-4-7(9)6-10/h7H,2-6H2,1H3/t7-/m1/s1. The highest BCUT2D eigenvalue weighted by atomic mass is 19.1. The summed E-state index contributed by atoms with van der Waals surface area (Å²) in [4.78, 5) is 12.7. The molecule has 1 heterocycles. The molecule has 1 amide bonds. The third-order valence-electron chi connectivity index (χ3n) is 2.02. The number of hydrogen-bond donors (Lipinski definition) is 0. The van der Waals surface area contributed by atoms with E-state index in [0.29, 0.717) is 19.4 Å². The molecular formula is C8H14FNO. The first kappa shape index (κ1) is 8.50. The van der Waals surface area contributed by atoms with Crippen LogP contribution in [-0.4, -0.2) is 30.1 Å². The maximum Gasteiger partial charge on any atom is 0.222 e. The molecule has 64 valence electrons. The van der Waals surface area contributed by atoms with E-state index in [0.717, 1.165) is 13.0 Å². The maximum atomic E-state index is 12.7. The van der Waals surface area contributed by atoms with Crippen LogP contribution in [0.25, 0.3) is 0 Å². The molecule has 0 saturated carbocycles. The summed E-state index contributed by atoms with van der Waals surface area (Å²) in [5.74, 6) is 0.0763. The van der Waals surface area contributed by atoms with Gasteiger partial charge in [-0.05, 0) is 12.8 Å². The first-order valence-electron chi connectivity index (χ1n) is 4.16. The Labute approximate surface area is 66.4 Å². The highest BCUT2D eigenvalue weighted by molar-refractivity contribution is 5.75. The molecule has 0 bridgehead atoms. The van der Waals surface area contributed by atoms with Crippen molar-refractivity contribution < 1.29 is 9.18 Å². The number of piperidine rings is 1. The lowest BCUT2D eigenvalue weighted by Gasteiger charge is -2.28. The third-order valence-corrected chi connectivity index (χ3v) is 2.02. The molecule has 3 heteroatoms. The number of alkyl halides is 1. The van der Waals surface area contributed by atoms with Gasteiger partial charge in [0.25, 0.3) is 0 Å². The van der Waals surface area contributed by atoms with Gasteiger partial charge in [0.05, 0.1) is 6.54 Å². The van der Waals surface area contributed by atoms with Crippen molar-refractivity contribution in [2.45, 2.75) is 32.4 Å².